The van der Waals surface area contributed by atoms with Crippen molar-refractivity contribution in [3.05, 3.63) is 60.7 Å². The maximum atomic E-state index is 11.9. The predicted octanol–water partition coefficient (Wildman–Crippen LogP) is 3.42. The Hall–Kier alpha value is -1.83. The van der Waals surface area contributed by atoms with Crippen LogP contribution in [0.25, 0.3) is 0 Å². The third-order valence-electron chi connectivity index (χ3n) is 2.93. The number of esters is 1. The van der Waals surface area contributed by atoms with Crippen molar-refractivity contribution in [1.29, 1.82) is 0 Å². The van der Waals surface area contributed by atoms with Crippen molar-refractivity contribution in [1.82, 2.24) is 0 Å². The van der Waals surface area contributed by atoms with Gasteiger partial charge in [0.2, 0.25) is 0 Å². The number of ether oxygens (including phenoxy) is 1. The van der Waals surface area contributed by atoms with Gasteiger partial charge in [-0.3, -0.25) is 4.79 Å². The standard InChI is InChI=1S/C15H16O2/c1-2-14(12-8-4-3-5-9-12)17-15(16)13-10-6-7-11-13/h2-9,13-14H,1,10-11H2. The topological polar surface area (TPSA) is 26.3 Å². The maximum Gasteiger partial charge on any atom is 0.310 e. The van der Waals surface area contributed by atoms with E-state index in [1.54, 1.807) is 6.08 Å². The number of carbonyl (C=O) groups excluding carboxylic acids is 1. The van der Waals surface area contributed by atoms with Gasteiger partial charge in [-0.15, -0.1) is 0 Å². The fraction of sp³-hybridized carbons (Fsp3) is 0.267. The Morgan fingerprint density at radius 3 is 2.53 bits per heavy atom. The molecule has 2 rings (SSSR count). The molecular formula is C15H16O2. The van der Waals surface area contributed by atoms with E-state index in [1.165, 1.54) is 0 Å². The molecule has 1 unspecified atom stereocenters. The summed E-state index contributed by atoms with van der Waals surface area (Å²) in [4.78, 5) is 11.9. The van der Waals surface area contributed by atoms with Gasteiger partial charge < -0.3 is 4.74 Å². The molecule has 1 aliphatic carbocycles. The molecule has 0 fully saturated rings. The van der Waals surface area contributed by atoms with Crippen LogP contribution in [0.2, 0.25) is 0 Å². The number of allylic oxidation sites excluding steroid dienone is 2. The molecule has 0 saturated carbocycles. The first-order valence-corrected chi connectivity index (χ1v) is 5.84. The maximum absolute atomic E-state index is 11.9. The van der Waals surface area contributed by atoms with Crippen LogP contribution in [0.1, 0.15) is 24.5 Å². The fourth-order valence-corrected chi connectivity index (χ4v) is 1.93. The van der Waals surface area contributed by atoms with Gasteiger partial charge in [0, 0.05) is 0 Å². The van der Waals surface area contributed by atoms with Crippen LogP contribution < -0.4 is 0 Å². The van der Waals surface area contributed by atoms with E-state index in [9.17, 15) is 4.79 Å². The first kappa shape index (κ1) is 11.6. The highest BCUT2D eigenvalue weighted by molar-refractivity contribution is 5.73. The van der Waals surface area contributed by atoms with Crippen molar-refractivity contribution in [3.8, 4) is 0 Å². The number of hydrogen-bond acceptors (Lipinski definition) is 2. The minimum absolute atomic E-state index is 0.0128. The Kier molecular flexibility index (Phi) is 3.76. The Labute approximate surface area is 102 Å². The third kappa shape index (κ3) is 2.84. The molecule has 0 aromatic heterocycles. The van der Waals surface area contributed by atoms with Gasteiger partial charge in [0.25, 0.3) is 0 Å². The molecule has 1 atom stereocenters. The fourth-order valence-electron chi connectivity index (χ4n) is 1.93. The highest BCUT2D eigenvalue weighted by Crippen LogP contribution is 2.24. The molecule has 0 heterocycles. The molecule has 1 aliphatic rings. The molecular weight excluding hydrogens is 212 g/mol. The number of carbonyl (C=O) groups is 1. The minimum Gasteiger partial charge on any atom is -0.453 e. The monoisotopic (exact) mass is 228 g/mol. The summed E-state index contributed by atoms with van der Waals surface area (Å²) in [7, 11) is 0. The summed E-state index contributed by atoms with van der Waals surface area (Å²) in [6.07, 6.45) is 6.95. The Balaban J connectivity index is 2.00. The van der Waals surface area contributed by atoms with E-state index in [0.717, 1.165) is 18.4 Å². The zero-order valence-electron chi connectivity index (χ0n) is 9.71. The number of rotatable bonds is 4. The van der Waals surface area contributed by atoms with E-state index in [4.69, 9.17) is 4.74 Å². The largest absolute Gasteiger partial charge is 0.453 e. The van der Waals surface area contributed by atoms with Crippen LogP contribution in [-0.4, -0.2) is 5.97 Å². The quantitative estimate of drug-likeness (QED) is 0.583. The van der Waals surface area contributed by atoms with Gasteiger partial charge in [0.05, 0.1) is 5.92 Å². The van der Waals surface area contributed by atoms with Crippen molar-refractivity contribution < 1.29 is 9.53 Å². The second-order valence-corrected chi connectivity index (χ2v) is 4.14. The molecule has 0 spiro atoms. The van der Waals surface area contributed by atoms with Crippen LogP contribution in [0, 0.1) is 5.92 Å². The zero-order valence-corrected chi connectivity index (χ0v) is 9.71. The van der Waals surface area contributed by atoms with Crippen LogP contribution in [0.15, 0.2) is 55.1 Å². The van der Waals surface area contributed by atoms with Gasteiger partial charge >= 0.3 is 5.97 Å². The van der Waals surface area contributed by atoms with Crippen LogP contribution in [-0.2, 0) is 9.53 Å². The zero-order chi connectivity index (χ0) is 12.1. The van der Waals surface area contributed by atoms with E-state index < -0.39 is 0 Å². The van der Waals surface area contributed by atoms with Crippen molar-refractivity contribution in [2.45, 2.75) is 18.9 Å². The molecule has 1 aromatic rings. The second kappa shape index (κ2) is 5.48. The van der Waals surface area contributed by atoms with Crippen LogP contribution in [0.5, 0.6) is 0 Å². The number of hydrogen-bond donors (Lipinski definition) is 0. The first-order valence-electron chi connectivity index (χ1n) is 5.84. The summed E-state index contributed by atoms with van der Waals surface area (Å²) in [5.41, 5.74) is 0.960. The molecule has 2 heteroatoms. The predicted molar refractivity (Wildman–Crippen MR) is 67.3 cm³/mol. The van der Waals surface area contributed by atoms with Crippen molar-refractivity contribution in [2.24, 2.45) is 5.92 Å². The average molecular weight is 228 g/mol. The van der Waals surface area contributed by atoms with Gasteiger partial charge in [-0.05, 0) is 24.5 Å². The van der Waals surface area contributed by atoms with Gasteiger partial charge in [0.15, 0.2) is 0 Å². The highest BCUT2D eigenvalue weighted by atomic mass is 16.5. The van der Waals surface area contributed by atoms with Gasteiger partial charge in [-0.25, -0.2) is 0 Å². The van der Waals surface area contributed by atoms with Crippen molar-refractivity contribution in [2.75, 3.05) is 0 Å². The van der Waals surface area contributed by atoms with E-state index >= 15 is 0 Å². The summed E-state index contributed by atoms with van der Waals surface area (Å²) in [6, 6.07) is 9.67. The van der Waals surface area contributed by atoms with Crippen LogP contribution in [0.4, 0.5) is 0 Å². The third-order valence-corrected chi connectivity index (χ3v) is 2.93. The number of benzene rings is 1. The smallest absolute Gasteiger partial charge is 0.310 e. The minimum atomic E-state index is -0.343. The van der Waals surface area contributed by atoms with Crippen molar-refractivity contribution in [3.63, 3.8) is 0 Å². The molecule has 17 heavy (non-hydrogen) atoms. The Morgan fingerprint density at radius 1 is 1.29 bits per heavy atom. The molecule has 0 aliphatic heterocycles. The lowest BCUT2D eigenvalue weighted by atomic mass is 10.1. The van der Waals surface area contributed by atoms with Gasteiger partial charge in [0.1, 0.15) is 6.10 Å². The van der Waals surface area contributed by atoms with E-state index in [0.29, 0.717) is 0 Å². The second-order valence-electron chi connectivity index (χ2n) is 4.14. The summed E-state index contributed by atoms with van der Waals surface area (Å²) >= 11 is 0. The molecule has 1 aromatic carbocycles. The van der Waals surface area contributed by atoms with E-state index in [2.05, 4.69) is 6.58 Å². The van der Waals surface area contributed by atoms with E-state index in [1.807, 2.05) is 42.5 Å². The molecule has 0 amide bonds. The molecule has 0 saturated heterocycles. The van der Waals surface area contributed by atoms with Crippen LogP contribution in [0.3, 0.4) is 0 Å². The first-order chi connectivity index (χ1) is 8.31. The lowest BCUT2D eigenvalue weighted by Gasteiger charge is -2.17. The average Bonchev–Trinajstić information content (AvgIpc) is 2.90. The lowest BCUT2D eigenvalue weighted by Crippen LogP contribution is -2.17. The Bertz CT molecular complexity index is 412. The van der Waals surface area contributed by atoms with Crippen LogP contribution >= 0.6 is 0 Å². The summed E-state index contributed by atoms with van der Waals surface area (Å²) in [6.45, 7) is 3.72. The normalized spacial score (nSPS) is 16.7. The molecule has 0 bridgehead atoms. The summed E-state index contributed by atoms with van der Waals surface area (Å²) in [5.74, 6) is -0.148. The summed E-state index contributed by atoms with van der Waals surface area (Å²) in [5, 5.41) is 0. The molecule has 2 nitrogen and oxygen atoms in total. The summed E-state index contributed by atoms with van der Waals surface area (Å²) < 4.78 is 5.47. The Morgan fingerprint density at radius 2 is 1.94 bits per heavy atom. The lowest BCUT2D eigenvalue weighted by molar-refractivity contribution is -0.151. The van der Waals surface area contributed by atoms with Crippen molar-refractivity contribution >= 4 is 5.97 Å². The molecule has 88 valence electrons. The SMILES string of the molecule is C=CC(OC(=O)C1CC=CC1)c1ccccc1. The molecule has 0 radical (unpaired) electrons. The van der Waals surface area contributed by atoms with E-state index in [-0.39, 0.29) is 18.0 Å². The van der Waals surface area contributed by atoms with Gasteiger partial charge in [-0.1, -0.05) is 49.1 Å². The molecule has 0 N–H and O–H groups in total. The van der Waals surface area contributed by atoms with Gasteiger partial charge in [-0.2, -0.15) is 0 Å². The highest BCUT2D eigenvalue weighted by Gasteiger charge is 2.23.